The van der Waals surface area contributed by atoms with Crippen LogP contribution in [0, 0.1) is 5.82 Å². The van der Waals surface area contributed by atoms with Gasteiger partial charge in [-0.2, -0.15) is 5.10 Å². The predicted molar refractivity (Wildman–Crippen MR) is 112 cm³/mol. The summed E-state index contributed by atoms with van der Waals surface area (Å²) in [7, 11) is 1.47. The van der Waals surface area contributed by atoms with Crippen LogP contribution in [-0.2, 0) is 7.05 Å². The van der Waals surface area contributed by atoms with E-state index in [4.69, 9.17) is 17.3 Å². The Bertz CT molecular complexity index is 1270. The molecule has 0 aliphatic rings. The van der Waals surface area contributed by atoms with Crippen molar-refractivity contribution in [3.63, 3.8) is 0 Å². The minimum atomic E-state index is -0.464. The molecule has 9 heteroatoms. The third kappa shape index (κ3) is 3.31. The largest absolute Gasteiger partial charge is 0.380 e. The topological polar surface area (TPSA) is 90.8 Å². The number of halogens is 2. The van der Waals surface area contributed by atoms with E-state index in [0.29, 0.717) is 16.9 Å². The van der Waals surface area contributed by atoms with Gasteiger partial charge in [0.25, 0.3) is 5.56 Å². The molecule has 0 saturated carbocycles. The number of nitrogens with zero attached hydrogens (tertiary/aromatic N) is 4. The molecule has 2 aromatic heterocycles. The fraction of sp³-hybridized carbons (Fsp3) is 0.150. The van der Waals surface area contributed by atoms with Crippen LogP contribution in [0.4, 0.5) is 15.9 Å². The Balaban J connectivity index is 1.86. The van der Waals surface area contributed by atoms with Gasteiger partial charge in [0.2, 0.25) is 0 Å². The number of nitrogens with one attached hydrogen (secondary N) is 1. The summed E-state index contributed by atoms with van der Waals surface area (Å²) in [4.78, 5) is 16.8. The summed E-state index contributed by atoms with van der Waals surface area (Å²) in [6.45, 7) is 1.85. The highest BCUT2D eigenvalue weighted by Crippen LogP contribution is 2.31. The smallest absolute Gasteiger partial charge is 0.287 e. The molecular weight excluding hydrogens is 395 g/mol. The van der Waals surface area contributed by atoms with Crippen LogP contribution in [-0.4, -0.2) is 19.3 Å². The summed E-state index contributed by atoms with van der Waals surface area (Å²) in [5, 5.41) is 7.06. The maximum atomic E-state index is 13.9. The number of para-hydroxylation sites is 1. The number of benzene rings is 2. The Hall–Kier alpha value is -3.39. The van der Waals surface area contributed by atoms with E-state index >= 15 is 0 Å². The summed E-state index contributed by atoms with van der Waals surface area (Å²) >= 11 is 6.20. The zero-order valence-corrected chi connectivity index (χ0v) is 16.5. The molecule has 0 radical (unpaired) electrons. The lowest BCUT2D eigenvalue weighted by molar-refractivity contribution is 0.629. The lowest BCUT2D eigenvalue weighted by atomic mass is 10.2. The lowest BCUT2D eigenvalue weighted by Crippen LogP contribution is -2.24. The van der Waals surface area contributed by atoms with Gasteiger partial charge in [0.05, 0.1) is 17.1 Å². The SMILES string of the molecule is C[C@H](Nc1c(N)nn(C)c(=O)c1Cl)c1nc2ccc(F)cc2n1-c1ccccc1. The van der Waals surface area contributed by atoms with Crippen molar-refractivity contribution in [2.75, 3.05) is 11.1 Å². The Morgan fingerprint density at radius 1 is 1.21 bits per heavy atom. The highest BCUT2D eigenvalue weighted by molar-refractivity contribution is 6.33. The standard InChI is InChI=1S/C20H18ClFN6O/c1-11(24-17-16(21)20(29)27(2)26-18(17)23)19-25-14-9-8-12(22)10-15(14)28(19)13-6-4-3-5-7-13/h3-11,24H,1-2H3,(H2,23,26)/t11-/m0/s1. The van der Waals surface area contributed by atoms with Gasteiger partial charge in [0.1, 0.15) is 22.4 Å². The van der Waals surface area contributed by atoms with Gasteiger partial charge in [-0.05, 0) is 31.2 Å². The van der Waals surface area contributed by atoms with Crippen molar-refractivity contribution in [3.05, 3.63) is 75.5 Å². The van der Waals surface area contributed by atoms with E-state index in [9.17, 15) is 9.18 Å². The summed E-state index contributed by atoms with van der Waals surface area (Å²) in [5.41, 5.74) is 7.83. The number of nitrogens with two attached hydrogens (primary N) is 1. The second-order valence-corrected chi connectivity index (χ2v) is 7.02. The van der Waals surface area contributed by atoms with Gasteiger partial charge >= 0.3 is 0 Å². The molecule has 4 rings (SSSR count). The van der Waals surface area contributed by atoms with Crippen molar-refractivity contribution in [3.8, 4) is 5.69 Å². The van der Waals surface area contributed by atoms with Crippen LogP contribution in [0.5, 0.6) is 0 Å². The Morgan fingerprint density at radius 2 is 1.93 bits per heavy atom. The molecule has 0 saturated heterocycles. The van der Waals surface area contributed by atoms with E-state index in [0.717, 1.165) is 10.4 Å². The fourth-order valence-electron chi connectivity index (χ4n) is 3.24. The van der Waals surface area contributed by atoms with E-state index in [1.165, 1.54) is 19.2 Å². The molecular formula is C20H18ClFN6O. The first kappa shape index (κ1) is 18.9. The number of nitrogen functional groups attached to an aromatic ring is 1. The Labute approximate surface area is 170 Å². The molecule has 4 aromatic rings. The van der Waals surface area contributed by atoms with E-state index in [1.807, 2.05) is 41.8 Å². The third-order valence-electron chi connectivity index (χ3n) is 4.62. The van der Waals surface area contributed by atoms with Crippen LogP contribution in [0.3, 0.4) is 0 Å². The zero-order valence-electron chi connectivity index (χ0n) is 15.7. The minimum Gasteiger partial charge on any atom is -0.380 e. The average molecular weight is 413 g/mol. The minimum absolute atomic E-state index is 0.0553. The van der Waals surface area contributed by atoms with Crippen LogP contribution >= 0.6 is 11.6 Å². The quantitative estimate of drug-likeness (QED) is 0.533. The predicted octanol–water partition coefficient (Wildman–Crippen LogP) is 3.67. The number of aromatic nitrogens is 4. The molecule has 3 N–H and O–H groups in total. The number of hydrogen-bond donors (Lipinski definition) is 2. The van der Waals surface area contributed by atoms with Crippen molar-refractivity contribution in [2.45, 2.75) is 13.0 Å². The number of aryl methyl sites for hydroxylation is 1. The van der Waals surface area contributed by atoms with E-state index in [1.54, 1.807) is 6.07 Å². The van der Waals surface area contributed by atoms with Crippen LogP contribution < -0.4 is 16.6 Å². The second kappa shape index (κ2) is 7.21. The highest BCUT2D eigenvalue weighted by Gasteiger charge is 2.21. The molecule has 0 unspecified atom stereocenters. The molecule has 7 nitrogen and oxygen atoms in total. The van der Waals surface area contributed by atoms with Gasteiger partial charge in [-0.1, -0.05) is 29.8 Å². The molecule has 0 aliphatic carbocycles. The van der Waals surface area contributed by atoms with Crippen molar-refractivity contribution in [1.29, 1.82) is 0 Å². The van der Waals surface area contributed by atoms with Crippen molar-refractivity contribution in [1.82, 2.24) is 19.3 Å². The molecule has 148 valence electrons. The van der Waals surface area contributed by atoms with Gasteiger partial charge in [0, 0.05) is 18.8 Å². The fourth-order valence-corrected chi connectivity index (χ4v) is 3.52. The molecule has 29 heavy (non-hydrogen) atoms. The van der Waals surface area contributed by atoms with Gasteiger partial charge in [-0.25, -0.2) is 14.1 Å². The lowest BCUT2D eigenvalue weighted by Gasteiger charge is -2.19. The molecule has 0 bridgehead atoms. The monoisotopic (exact) mass is 412 g/mol. The summed E-state index contributed by atoms with van der Waals surface area (Å²) < 4.78 is 16.9. The number of anilines is 2. The first-order chi connectivity index (χ1) is 13.9. The van der Waals surface area contributed by atoms with E-state index in [2.05, 4.69) is 15.4 Å². The Morgan fingerprint density at radius 3 is 2.66 bits per heavy atom. The van der Waals surface area contributed by atoms with Crippen molar-refractivity contribution < 1.29 is 4.39 Å². The summed E-state index contributed by atoms with van der Waals surface area (Å²) in [6, 6.07) is 13.5. The maximum Gasteiger partial charge on any atom is 0.287 e. The zero-order chi connectivity index (χ0) is 20.7. The number of hydrogen-bond acceptors (Lipinski definition) is 5. The molecule has 0 amide bonds. The van der Waals surface area contributed by atoms with Gasteiger partial charge in [-0.3, -0.25) is 9.36 Å². The molecule has 0 spiro atoms. The first-order valence-corrected chi connectivity index (χ1v) is 9.26. The number of rotatable bonds is 4. The van der Waals surface area contributed by atoms with Crippen molar-refractivity contribution in [2.24, 2.45) is 7.05 Å². The van der Waals surface area contributed by atoms with Crippen LogP contribution in [0.2, 0.25) is 5.02 Å². The van der Waals surface area contributed by atoms with Gasteiger partial charge < -0.3 is 11.1 Å². The molecule has 0 aliphatic heterocycles. The van der Waals surface area contributed by atoms with Crippen LogP contribution in [0.15, 0.2) is 53.3 Å². The second-order valence-electron chi connectivity index (χ2n) is 6.64. The highest BCUT2D eigenvalue weighted by atomic mass is 35.5. The van der Waals surface area contributed by atoms with Gasteiger partial charge in [-0.15, -0.1) is 0 Å². The molecule has 0 fully saturated rings. The summed E-state index contributed by atoms with van der Waals surface area (Å²) in [6.07, 6.45) is 0. The van der Waals surface area contributed by atoms with Gasteiger partial charge in [0.15, 0.2) is 5.82 Å². The molecule has 2 heterocycles. The third-order valence-corrected chi connectivity index (χ3v) is 4.97. The Kier molecular flexibility index (Phi) is 4.71. The van der Waals surface area contributed by atoms with Crippen LogP contribution in [0.25, 0.3) is 16.7 Å². The summed E-state index contributed by atoms with van der Waals surface area (Å²) in [5.74, 6) is 0.343. The first-order valence-electron chi connectivity index (χ1n) is 8.89. The maximum absolute atomic E-state index is 13.9. The number of fused-ring (bicyclic) bond motifs is 1. The average Bonchev–Trinajstić information content (AvgIpc) is 3.09. The van der Waals surface area contributed by atoms with E-state index < -0.39 is 11.6 Å². The van der Waals surface area contributed by atoms with Crippen molar-refractivity contribution >= 4 is 34.1 Å². The van der Waals surface area contributed by atoms with Crippen LogP contribution in [0.1, 0.15) is 18.8 Å². The number of imidazole rings is 1. The molecule has 2 aromatic carbocycles. The molecule has 1 atom stereocenters. The normalized spacial score (nSPS) is 12.3. The van der Waals surface area contributed by atoms with E-state index in [-0.39, 0.29) is 22.3 Å².